The molecule has 0 aromatic heterocycles. The van der Waals surface area contributed by atoms with Crippen molar-refractivity contribution >= 4 is 16.8 Å². The first kappa shape index (κ1) is 12.1. The first-order chi connectivity index (χ1) is 7.15. The zero-order valence-electron chi connectivity index (χ0n) is 9.05. The average molecular weight is 227 g/mol. The summed E-state index contributed by atoms with van der Waals surface area (Å²) in [7, 11) is 0. The summed E-state index contributed by atoms with van der Waals surface area (Å²) in [5, 5.41) is -0.432. The molecule has 0 aliphatic carbocycles. The molecule has 0 atom stereocenters. The van der Waals surface area contributed by atoms with Gasteiger partial charge in [0.15, 0.2) is 0 Å². The van der Waals surface area contributed by atoms with Crippen molar-refractivity contribution in [3.05, 3.63) is 29.3 Å². The van der Waals surface area contributed by atoms with Crippen molar-refractivity contribution in [3.63, 3.8) is 0 Å². The first-order valence-electron chi connectivity index (χ1n) is 5.08. The Balaban J connectivity index is 2.70. The number of aryl methyl sites for hydroxylation is 1. The van der Waals surface area contributed by atoms with Crippen molar-refractivity contribution in [1.82, 2.24) is 0 Å². The molecule has 0 heterocycles. The third-order valence-electron chi connectivity index (χ3n) is 2.16. The van der Waals surface area contributed by atoms with Crippen molar-refractivity contribution in [1.29, 1.82) is 0 Å². The molecule has 82 valence electrons. The normalized spacial score (nSPS) is 10.1. The molecule has 0 fully saturated rings. The summed E-state index contributed by atoms with van der Waals surface area (Å²) in [5.74, 6) is 0.824. The van der Waals surface area contributed by atoms with E-state index in [2.05, 4.69) is 6.92 Å². The minimum Gasteiger partial charge on any atom is -0.493 e. The number of hydrogen-bond donors (Lipinski definition) is 0. The van der Waals surface area contributed by atoms with Crippen molar-refractivity contribution < 1.29 is 9.53 Å². The second-order valence-electron chi connectivity index (χ2n) is 3.46. The second kappa shape index (κ2) is 5.76. The van der Waals surface area contributed by atoms with Gasteiger partial charge in [-0.15, -0.1) is 0 Å². The minimum atomic E-state index is -0.432. The van der Waals surface area contributed by atoms with E-state index in [4.69, 9.17) is 16.3 Å². The van der Waals surface area contributed by atoms with Crippen LogP contribution in [0, 0.1) is 6.92 Å². The van der Waals surface area contributed by atoms with Gasteiger partial charge in [0.1, 0.15) is 5.75 Å². The van der Waals surface area contributed by atoms with E-state index in [0.29, 0.717) is 12.2 Å². The molecule has 0 radical (unpaired) electrons. The van der Waals surface area contributed by atoms with Crippen molar-refractivity contribution in [2.45, 2.75) is 26.7 Å². The summed E-state index contributed by atoms with van der Waals surface area (Å²) in [6, 6.07) is 5.22. The summed E-state index contributed by atoms with van der Waals surface area (Å²) in [6.45, 7) is 4.74. The van der Waals surface area contributed by atoms with Gasteiger partial charge in [-0.25, -0.2) is 0 Å². The Labute approximate surface area is 95.2 Å². The van der Waals surface area contributed by atoms with Gasteiger partial charge in [0, 0.05) is 5.56 Å². The van der Waals surface area contributed by atoms with Crippen LogP contribution in [0.25, 0.3) is 0 Å². The fraction of sp³-hybridized carbons (Fsp3) is 0.417. The predicted octanol–water partition coefficient (Wildman–Crippen LogP) is 3.55. The molecule has 0 aliphatic heterocycles. The monoisotopic (exact) mass is 226 g/mol. The molecular weight excluding hydrogens is 212 g/mol. The van der Waals surface area contributed by atoms with Crippen LogP contribution in [-0.4, -0.2) is 11.8 Å². The topological polar surface area (TPSA) is 26.3 Å². The van der Waals surface area contributed by atoms with Gasteiger partial charge in [0.25, 0.3) is 5.24 Å². The lowest BCUT2D eigenvalue weighted by Gasteiger charge is -2.08. The Hall–Kier alpha value is -1.02. The zero-order chi connectivity index (χ0) is 11.3. The molecule has 1 aromatic rings. The van der Waals surface area contributed by atoms with Crippen LogP contribution >= 0.6 is 11.6 Å². The van der Waals surface area contributed by atoms with Crippen LogP contribution in [0.2, 0.25) is 0 Å². The lowest BCUT2D eigenvalue weighted by atomic mass is 10.1. The third kappa shape index (κ3) is 3.56. The van der Waals surface area contributed by atoms with Crippen LogP contribution in [0.5, 0.6) is 5.75 Å². The van der Waals surface area contributed by atoms with E-state index >= 15 is 0 Å². The quantitative estimate of drug-likeness (QED) is 0.567. The molecule has 1 rings (SSSR count). The lowest BCUT2D eigenvalue weighted by Crippen LogP contribution is -1.99. The van der Waals surface area contributed by atoms with E-state index in [1.165, 1.54) is 0 Å². The highest BCUT2D eigenvalue weighted by atomic mass is 35.5. The summed E-state index contributed by atoms with van der Waals surface area (Å²) >= 11 is 5.37. The predicted molar refractivity (Wildman–Crippen MR) is 61.8 cm³/mol. The van der Waals surface area contributed by atoms with Gasteiger partial charge < -0.3 is 4.74 Å². The molecule has 0 saturated heterocycles. The first-order valence-corrected chi connectivity index (χ1v) is 5.46. The standard InChI is InChI=1S/C12H15ClO2/c1-3-4-7-15-11-6-5-10(12(13)14)8-9(11)2/h5-6,8H,3-4,7H2,1-2H3. The number of rotatable bonds is 5. The highest BCUT2D eigenvalue weighted by Gasteiger charge is 2.05. The minimum absolute atomic E-state index is 0.432. The number of halogens is 1. The van der Waals surface area contributed by atoms with E-state index in [1.807, 2.05) is 6.92 Å². The van der Waals surface area contributed by atoms with Gasteiger partial charge >= 0.3 is 0 Å². The number of carbonyl (C=O) groups excluding carboxylic acids is 1. The summed E-state index contributed by atoms with van der Waals surface area (Å²) in [4.78, 5) is 10.9. The molecule has 0 bridgehead atoms. The molecule has 1 aromatic carbocycles. The molecule has 0 amide bonds. The van der Waals surface area contributed by atoms with Gasteiger partial charge in [-0.05, 0) is 48.7 Å². The summed E-state index contributed by atoms with van der Waals surface area (Å²) < 4.78 is 5.56. The van der Waals surface area contributed by atoms with Crippen LogP contribution in [-0.2, 0) is 0 Å². The Morgan fingerprint density at radius 3 is 2.73 bits per heavy atom. The van der Waals surface area contributed by atoms with Crippen LogP contribution in [0.1, 0.15) is 35.7 Å². The Kier molecular flexibility index (Phi) is 4.63. The average Bonchev–Trinajstić information content (AvgIpc) is 2.20. The van der Waals surface area contributed by atoms with Gasteiger partial charge in [0.05, 0.1) is 6.61 Å². The lowest BCUT2D eigenvalue weighted by molar-refractivity contribution is 0.108. The molecule has 0 saturated carbocycles. The van der Waals surface area contributed by atoms with Gasteiger partial charge in [-0.2, -0.15) is 0 Å². The molecule has 0 spiro atoms. The van der Waals surface area contributed by atoms with E-state index < -0.39 is 5.24 Å². The molecule has 3 heteroatoms. The molecular formula is C12H15ClO2. The highest BCUT2D eigenvalue weighted by Crippen LogP contribution is 2.20. The maximum atomic E-state index is 10.9. The van der Waals surface area contributed by atoms with Crippen molar-refractivity contribution in [3.8, 4) is 5.75 Å². The number of unbranched alkanes of at least 4 members (excludes halogenated alkanes) is 1. The SMILES string of the molecule is CCCCOc1ccc(C(=O)Cl)cc1C. The van der Waals surface area contributed by atoms with Crippen LogP contribution < -0.4 is 4.74 Å². The second-order valence-corrected chi connectivity index (χ2v) is 3.80. The number of carbonyl (C=O) groups is 1. The number of ether oxygens (including phenoxy) is 1. The fourth-order valence-corrected chi connectivity index (χ4v) is 1.38. The molecule has 2 nitrogen and oxygen atoms in total. The Morgan fingerprint density at radius 1 is 1.47 bits per heavy atom. The Morgan fingerprint density at radius 2 is 2.20 bits per heavy atom. The zero-order valence-corrected chi connectivity index (χ0v) is 9.80. The number of hydrogen-bond acceptors (Lipinski definition) is 2. The third-order valence-corrected chi connectivity index (χ3v) is 2.38. The van der Waals surface area contributed by atoms with Gasteiger partial charge in [0.2, 0.25) is 0 Å². The smallest absolute Gasteiger partial charge is 0.252 e. The van der Waals surface area contributed by atoms with Gasteiger partial charge in [-0.3, -0.25) is 4.79 Å². The van der Waals surface area contributed by atoms with Crippen molar-refractivity contribution in [2.75, 3.05) is 6.61 Å². The van der Waals surface area contributed by atoms with Gasteiger partial charge in [-0.1, -0.05) is 13.3 Å². The van der Waals surface area contributed by atoms with E-state index in [9.17, 15) is 4.79 Å². The summed E-state index contributed by atoms with van der Waals surface area (Å²) in [5.41, 5.74) is 1.45. The van der Waals surface area contributed by atoms with Crippen LogP contribution in [0.4, 0.5) is 0 Å². The maximum absolute atomic E-state index is 10.9. The Bertz CT molecular complexity index is 347. The summed E-state index contributed by atoms with van der Waals surface area (Å²) in [6.07, 6.45) is 2.15. The van der Waals surface area contributed by atoms with E-state index in [-0.39, 0.29) is 0 Å². The number of benzene rings is 1. The highest BCUT2D eigenvalue weighted by molar-refractivity contribution is 6.67. The molecule has 0 unspecified atom stereocenters. The largest absolute Gasteiger partial charge is 0.493 e. The van der Waals surface area contributed by atoms with Crippen molar-refractivity contribution in [2.24, 2.45) is 0 Å². The van der Waals surface area contributed by atoms with Crippen LogP contribution in [0.15, 0.2) is 18.2 Å². The van der Waals surface area contributed by atoms with E-state index in [1.54, 1.807) is 18.2 Å². The van der Waals surface area contributed by atoms with Crippen LogP contribution in [0.3, 0.4) is 0 Å². The molecule has 0 aliphatic rings. The maximum Gasteiger partial charge on any atom is 0.252 e. The molecule has 15 heavy (non-hydrogen) atoms. The fourth-order valence-electron chi connectivity index (χ4n) is 1.26. The van der Waals surface area contributed by atoms with E-state index in [0.717, 1.165) is 24.2 Å². The molecule has 0 N–H and O–H groups in total.